The van der Waals surface area contributed by atoms with Crippen LogP contribution in [0, 0.1) is 0 Å². The largest absolute Gasteiger partial charge is 1.00 e. The van der Waals surface area contributed by atoms with Gasteiger partial charge in [0, 0.05) is 0 Å². The van der Waals surface area contributed by atoms with Crippen molar-refractivity contribution in [3.05, 3.63) is 24.3 Å². The fourth-order valence-corrected chi connectivity index (χ4v) is 1.57. The Morgan fingerprint density at radius 3 is 2.22 bits per heavy atom. The van der Waals surface area contributed by atoms with Crippen molar-refractivity contribution in [3.8, 4) is 5.75 Å². The minimum atomic E-state index is -4.16. The minimum Gasteiger partial charge on any atom is -1.00 e. The molecular weight excluding hydrogens is 271 g/mol. The number of ether oxygens (including phenoxy) is 2. The Kier molecular flexibility index (Phi) is 8.79. The van der Waals surface area contributed by atoms with Crippen LogP contribution in [0.1, 0.15) is 1.43 Å². The van der Waals surface area contributed by atoms with E-state index >= 15 is 0 Å². The Labute approximate surface area is 129 Å². The van der Waals surface area contributed by atoms with Crippen molar-refractivity contribution in [3.63, 3.8) is 0 Å². The normalized spacial score (nSPS) is 10.8. The molecule has 1 aromatic rings. The molecule has 0 aromatic heterocycles. The molecule has 0 atom stereocenters. The third-order valence-corrected chi connectivity index (χ3v) is 2.72. The van der Waals surface area contributed by atoms with E-state index in [0.717, 1.165) is 0 Å². The first-order valence-corrected chi connectivity index (χ1v) is 6.37. The minimum absolute atomic E-state index is 0. The van der Waals surface area contributed by atoms with Gasteiger partial charge in [0.1, 0.15) is 12.4 Å². The summed E-state index contributed by atoms with van der Waals surface area (Å²) in [5, 5.41) is 8.44. The topological polar surface area (TPSA) is 93.1 Å². The summed E-state index contributed by atoms with van der Waals surface area (Å²) in [5.74, 6) is 0.477. The first kappa shape index (κ1) is 17.8. The maximum Gasteiger partial charge on any atom is 1.00 e. The van der Waals surface area contributed by atoms with Gasteiger partial charge in [0.25, 0.3) is 10.1 Å². The van der Waals surface area contributed by atoms with E-state index in [4.69, 9.17) is 19.1 Å². The molecule has 0 heterocycles. The van der Waals surface area contributed by atoms with Gasteiger partial charge in [-0.25, -0.2) is 0 Å². The van der Waals surface area contributed by atoms with E-state index in [1.807, 2.05) is 0 Å². The van der Waals surface area contributed by atoms with E-state index in [1.54, 1.807) is 0 Å². The maximum atomic E-state index is 10.7. The number of hydrogen-bond donors (Lipinski definition) is 2. The average molecular weight is 286 g/mol. The molecule has 6 nitrogen and oxygen atoms in total. The monoisotopic (exact) mass is 286 g/mol. The summed E-state index contributed by atoms with van der Waals surface area (Å²) >= 11 is 0. The van der Waals surface area contributed by atoms with Crippen LogP contribution >= 0.6 is 0 Å². The molecule has 98 valence electrons. The van der Waals surface area contributed by atoms with Gasteiger partial charge >= 0.3 is 29.6 Å². The van der Waals surface area contributed by atoms with Crippen LogP contribution in [0.3, 0.4) is 0 Å². The van der Waals surface area contributed by atoms with Gasteiger partial charge in [-0.1, -0.05) is 0 Å². The molecule has 0 spiro atoms. The van der Waals surface area contributed by atoms with E-state index in [2.05, 4.69) is 0 Å². The molecule has 18 heavy (non-hydrogen) atoms. The summed E-state index contributed by atoms with van der Waals surface area (Å²) in [6.07, 6.45) is 0. The summed E-state index contributed by atoms with van der Waals surface area (Å²) in [4.78, 5) is -0.179. The van der Waals surface area contributed by atoms with Crippen molar-refractivity contribution in [2.24, 2.45) is 0 Å². The van der Waals surface area contributed by atoms with Gasteiger partial charge in [0.15, 0.2) is 0 Å². The first-order valence-electron chi connectivity index (χ1n) is 4.93. The van der Waals surface area contributed by atoms with Gasteiger partial charge in [-0.2, -0.15) is 8.42 Å². The number of benzene rings is 1. The predicted molar refractivity (Wildman–Crippen MR) is 60.8 cm³/mol. The second-order valence-electron chi connectivity index (χ2n) is 3.13. The molecule has 0 fully saturated rings. The molecule has 1 aromatic carbocycles. The van der Waals surface area contributed by atoms with Crippen molar-refractivity contribution in [2.75, 3.05) is 26.4 Å². The second kappa shape index (κ2) is 8.87. The molecule has 0 aliphatic carbocycles. The van der Waals surface area contributed by atoms with Crippen LogP contribution in [0.4, 0.5) is 0 Å². The van der Waals surface area contributed by atoms with Crippen LogP contribution in [0.25, 0.3) is 0 Å². The van der Waals surface area contributed by atoms with Gasteiger partial charge in [-0.15, -0.1) is 0 Å². The van der Waals surface area contributed by atoms with E-state index in [1.165, 1.54) is 24.3 Å². The van der Waals surface area contributed by atoms with Crippen molar-refractivity contribution in [2.45, 2.75) is 4.90 Å². The number of rotatable bonds is 7. The van der Waals surface area contributed by atoms with E-state index in [9.17, 15) is 8.42 Å². The summed E-state index contributed by atoms with van der Waals surface area (Å²) in [5.41, 5.74) is 0. The van der Waals surface area contributed by atoms with Crippen LogP contribution in [-0.4, -0.2) is 44.5 Å². The molecule has 8 heteroatoms. The van der Waals surface area contributed by atoms with Crippen molar-refractivity contribution in [1.82, 2.24) is 0 Å². The standard InChI is InChI=1S/C10H14O6S.Na.H/c11-5-6-15-7-8-16-9-1-3-10(4-2-9)17(12,13)14;;/h1-4,11H,5-8H2,(H,12,13,14);;/q;+1;-1. The summed E-state index contributed by atoms with van der Waals surface area (Å²) in [7, 11) is -4.16. The number of aliphatic hydroxyl groups is 1. The quantitative estimate of drug-likeness (QED) is 0.325. The van der Waals surface area contributed by atoms with Crippen LogP contribution in [0.2, 0.25) is 0 Å². The van der Waals surface area contributed by atoms with Gasteiger partial charge < -0.3 is 16.0 Å². The molecule has 0 radical (unpaired) electrons. The zero-order valence-electron chi connectivity index (χ0n) is 11.1. The second-order valence-corrected chi connectivity index (χ2v) is 4.55. The SMILES string of the molecule is O=S(=O)(O)c1ccc(OCCOCCO)cc1.[H-].[Na+]. The van der Waals surface area contributed by atoms with Crippen LogP contribution in [-0.2, 0) is 14.9 Å². The van der Waals surface area contributed by atoms with Crippen LogP contribution < -0.4 is 34.3 Å². The summed E-state index contributed by atoms with van der Waals surface area (Å²) in [6.45, 7) is 0.847. The molecule has 0 amide bonds. The third kappa shape index (κ3) is 6.69. The Balaban J connectivity index is 0. The maximum absolute atomic E-state index is 10.7. The summed E-state index contributed by atoms with van der Waals surface area (Å²) in [6, 6.07) is 5.38. The molecule has 0 aliphatic rings. The number of hydrogen-bond acceptors (Lipinski definition) is 5. The third-order valence-electron chi connectivity index (χ3n) is 1.85. The molecule has 1 rings (SSSR count). The Hall–Kier alpha value is -0.150. The molecule has 0 unspecified atom stereocenters. The van der Waals surface area contributed by atoms with E-state index in [0.29, 0.717) is 19.0 Å². The van der Waals surface area contributed by atoms with Gasteiger partial charge in [-0.05, 0) is 24.3 Å². The molecule has 0 saturated carbocycles. The molecular formula is C10H15NaO6S. The fraction of sp³-hybridized carbons (Fsp3) is 0.400. The smallest absolute Gasteiger partial charge is 1.00 e. The molecule has 0 saturated heterocycles. The van der Waals surface area contributed by atoms with Crippen LogP contribution in [0.15, 0.2) is 29.2 Å². The Morgan fingerprint density at radius 1 is 1.11 bits per heavy atom. The first-order chi connectivity index (χ1) is 8.04. The van der Waals surface area contributed by atoms with Crippen molar-refractivity contribution < 1.29 is 58.5 Å². The number of aliphatic hydroxyl groups excluding tert-OH is 1. The van der Waals surface area contributed by atoms with Gasteiger partial charge in [0.2, 0.25) is 0 Å². The van der Waals surface area contributed by atoms with Crippen molar-refractivity contribution in [1.29, 1.82) is 0 Å². The van der Waals surface area contributed by atoms with Gasteiger partial charge in [0.05, 0.1) is 24.7 Å². The fourth-order valence-electron chi connectivity index (χ4n) is 1.09. The van der Waals surface area contributed by atoms with E-state index < -0.39 is 10.1 Å². The van der Waals surface area contributed by atoms with Crippen LogP contribution in [0.5, 0.6) is 5.75 Å². The Morgan fingerprint density at radius 2 is 1.72 bits per heavy atom. The summed E-state index contributed by atoms with van der Waals surface area (Å²) < 4.78 is 40.4. The zero-order valence-corrected chi connectivity index (χ0v) is 12.9. The Bertz CT molecular complexity index is 436. The van der Waals surface area contributed by atoms with Gasteiger partial charge in [-0.3, -0.25) is 4.55 Å². The zero-order chi connectivity index (χ0) is 12.7. The molecule has 2 N–H and O–H groups in total. The predicted octanol–water partition coefficient (Wildman–Crippen LogP) is -2.56. The van der Waals surface area contributed by atoms with Crippen molar-refractivity contribution >= 4 is 10.1 Å². The van der Waals surface area contributed by atoms with E-state index in [-0.39, 0.29) is 49.1 Å². The molecule has 0 aliphatic heterocycles. The average Bonchev–Trinajstić information content (AvgIpc) is 2.28. The molecule has 0 bridgehead atoms.